The van der Waals surface area contributed by atoms with Crippen molar-refractivity contribution in [3.8, 4) is 0 Å². The fraction of sp³-hybridized carbons (Fsp3) is 0.167. The molecule has 0 bridgehead atoms. The number of rotatable bonds is 2. The van der Waals surface area contributed by atoms with Crippen LogP contribution < -0.4 is 15.9 Å². The molecule has 1 amide bonds. The maximum atomic E-state index is 12.9. The van der Waals surface area contributed by atoms with Crippen LogP contribution in [0.3, 0.4) is 0 Å². The van der Waals surface area contributed by atoms with Gasteiger partial charge in [0.15, 0.2) is 11.3 Å². The minimum atomic E-state index is -0.448. The largest absolute Gasteiger partial charge is 0.298 e. The molecular formula is C18H14BrClN4OS. The van der Waals surface area contributed by atoms with Crippen molar-refractivity contribution in [3.63, 3.8) is 0 Å². The second-order valence-electron chi connectivity index (χ2n) is 5.70. The fourth-order valence-electron chi connectivity index (χ4n) is 2.94. The highest BCUT2D eigenvalue weighted by Gasteiger charge is 2.34. The number of hydrogen-bond acceptors (Lipinski definition) is 5. The van der Waals surface area contributed by atoms with Gasteiger partial charge in [0, 0.05) is 14.7 Å². The third kappa shape index (κ3) is 3.15. The van der Waals surface area contributed by atoms with Gasteiger partial charge in [0.1, 0.15) is 5.70 Å². The summed E-state index contributed by atoms with van der Waals surface area (Å²) in [5.41, 5.74) is 1.37. The molecule has 0 fully saturated rings. The van der Waals surface area contributed by atoms with Gasteiger partial charge in [0.25, 0.3) is 5.91 Å². The number of amides is 1. The predicted molar refractivity (Wildman–Crippen MR) is 108 cm³/mol. The average Bonchev–Trinajstić information content (AvgIpc) is 2.61. The van der Waals surface area contributed by atoms with E-state index in [1.807, 2.05) is 49.4 Å². The maximum Gasteiger partial charge on any atom is 0.276 e. The van der Waals surface area contributed by atoms with Gasteiger partial charge in [-0.1, -0.05) is 58.3 Å². The second-order valence-corrected chi connectivity index (χ2v) is 8.31. The van der Waals surface area contributed by atoms with Crippen molar-refractivity contribution in [1.82, 2.24) is 10.3 Å². The molecule has 5 nitrogen and oxygen atoms in total. The number of carbonyl (C=O) groups excluding carboxylic acids is 1. The van der Waals surface area contributed by atoms with E-state index < -0.39 is 6.17 Å². The van der Waals surface area contributed by atoms with Crippen LogP contribution in [0.15, 0.2) is 57.0 Å². The van der Waals surface area contributed by atoms with Gasteiger partial charge >= 0.3 is 0 Å². The Morgan fingerprint density at radius 3 is 2.92 bits per heavy atom. The molecule has 0 unspecified atom stereocenters. The van der Waals surface area contributed by atoms with Crippen molar-refractivity contribution < 1.29 is 4.79 Å². The molecule has 2 aromatic rings. The van der Waals surface area contributed by atoms with E-state index in [-0.39, 0.29) is 5.91 Å². The van der Waals surface area contributed by atoms with Crippen LogP contribution in [-0.4, -0.2) is 21.8 Å². The lowest BCUT2D eigenvalue weighted by Gasteiger charge is -2.34. The number of nitrogens with one attached hydrogen (secondary N) is 1. The van der Waals surface area contributed by atoms with Gasteiger partial charge in [-0.05, 0) is 41.6 Å². The van der Waals surface area contributed by atoms with E-state index in [1.165, 1.54) is 11.8 Å². The Morgan fingerprint density at radius 2 is 2.15 bits per heavy atom. The molecule has 0 saturated carbocycles. The second kappa shape index (κ2) is 7.06. The van der Waals surface area contributed by atoms with Gasteiger partial charge in [-0.2, -0.15) is 0 Å². The van der Waals surface area contributed by atoms with Crippen LogP contribution in [0.5, 0.6) is 0 Å². The van der Waals surface area contributed by atoms with E-state index in [4.69, 9.17) is 16.6 Å². The highest BCUT2D eigenvalue weighted by atomic mass is 79.9. The molecule has 0 aromatic heterocycles. The molecule has 4 rings (SSSR count). The molecular weight excluding hydrogens is 436 g/mol. The van der Waals surface area contributed by atoms with Crippen LogP contribution in [0.2, 0.25) is 5.02 Å². The maximum absolute atomic E-state index is 12.9. The van der Waals surface area contributed by atoms with Crippen molar-refractivity contribution >= 4 is 56.1 Å². The molecule has 0 saturated heterocycles. The number of hydrazone groups is 1. The van der Waals surface area contributed by atoms with Crippen molar-refractivity contribution in [2.45, 2.75) is 13.1 Å². The minimum absolute atomic E-state index is 0.183. The summed E-state index contributed by atoms with van der Waals surface area (Å²) >= 11 is 11.1. The number of fused-ring (bicyclic) bond motifs is 2. The van der Waals surface area contributed by atoms with Gasteiger partial charge in [-0.3, -0.25) is 15.1 Å². The predicted octanol–water partition coefficient (Wildman–Crippen LogP) is 3.00. The minimum Gasteiger partial charge on any atom is -0.298 e. The summed E-state index contributed by atoms with van der Waals surface area (Å²) in [5.74, 6) is 0.626. The van der Waals surface area contributed by atoms with Crippen molar-refractivity contribution in [1.29, 1.82) is 0 Å². The molecule has 8 heteroatoms. The molecule has 1 atom stereocenters. The quantitative estimate of drug-likeness (QED) is 0.767. The molecule has 0 aliphatic carbocycles. The van der Waals surface area contributed by atoms with Gasteiger partial charge in [0.2, 0.25) is 0 Å². The topological polar surface area (TPSA) is 57.1 Å². The summed E-state index contributed by atoms with van der Waals surface area (Å²) in [4.78, 5) is 17.7. The first-order valence-electron chi connectivity index (χ1n) is 8.02. The molecule has 2 aliphatic heterocycles. The number of amidine groups is 1. The van der Waals surface area contributed by atoms with Crippen LogP contribution in [-0.2, 0) is 4.79 Å². The van der Waals surface area contributed by atoms with E-state index in [9.17, 15) is 4.79 Å². The number of carbonyl (C=O) groups is 1. The van der Waals surface area contributed by atoms with Crippen LogP contribution >= 0.6 is 39.3 Å². The number of halogens is 2. The van der Waals surface area contributed by atoms with Gasteiger partial charge in [-0.15, -0.1) is 5.10 Å². The van der Waals surface area contributed by atoms with E-state index in [2.05, 4.69) is 26.3 Å². The zero-order valence-electron chi connectivity index (χ0n) is 13.7. The molecule has 26 heavy (non-hydrogen) atoms. The Balaban J connectivity index is 1.98. The summed E-state index contributed by atoms with van der Waals surface area (Å²) in [7, 11) is 0. The number of thioether (sulfide) groups is 1. The Morgan fingerprint density at radius 1 is 1.31 bits per heavy atom. The monoisotopic (exact) mass is 448 g/mol. The number of benzene rings is 2. The molecule has 0 spiro atoms. The lowest BCUT2D eigenvalue weighted by Crippen LogP contribution is -2.50. The SMILES string of the molecule is CCSC1=NN2C(=c3cc(Br)ccc3=N[C@@H]2c2cccc(Cl)c2)C(=O)N1. The summed E-state index contributed by atoms with van der Waals surface area (Å²) in [6, 6.07) is 13.2. The third-order valence-electron chi connectivity index (χ3n) is 4.00. The van der Waals surface area contributed by atoms with E-state index in [1.54, 1.807) is 5.01 Å². The zero-order chi connectivity index (χ0) is 18.3. The molecule has 2 heterocycles. The standard InChI is InChI=1S/C18H14BrClN4OS/c1-2-26-18-22-17(25)15-13-9-11(19)6-7-14(13)21-16(24(15)23-18)10-4-3-5-12(20)8-10/h3-9,16H,2H2,1H3,(H,22,23,25)/t16-/m0/s1. The molecule has 2 aromatic carbocycles. The van der Waals surface area contributed by atoms with Crippen molar-refractivity contribution in [3.05, 3.63) is 68.1 Å². The zero-order valence-corrected chi connectivity index (χ0v) is 16.9. The normalized spacial score (nSPS) is 18.5. The first-order valence-corrected chi connectivity index (χ1v) is 10.2. The Kier molecular flexibility index (Phi) is 4.77. The van der Waals surface area contributed by atoms with E-state index in [0.29, 0.717) is 15.9 Å². The van der Waals surface area contributed by atoms with Crippen molar-refractivity contribution in [2.75, 3.05) is 5.75 Å². The molecule has 0 radical (unpaired) electrons. The van der Waals surface area contributed by atoms with Crippen LogP contribution in [0.1, 0.15) is 18.7 Å². The van der Waals surface area contributed by atoms with E-state index >= 15 is 0 Å². The third-order valence-corrected chi connectivity index (χ3v) is 5.47. The van der Waals surface area contributed by atoms with Crippen LogP contribution in [0.25, 0.3) is 5.70 Å². The molecule has 1 N–H and O–H groups in total. The summed E-state index contributed by atoms with van der Waals surface area (Å²) in [6.07, 6.45) is -0.448. The van der Waals surface area contributed by atoms with Crippen molar-refractivity contribution in [2.24, 2.45) is 10.1 Å². The van der Waals surface area contributed by atoms with Gasteiger partial charge in [0.05, 0.1) is 5.36 Å². The van der Waals surface area contributed by atoms with Gasteiger partial charge < -0.3 is 0 Å². The number of nitrogens with zero attached hydrogens (tertiary/aromatic N) is 3. The Bertz CT molecular complexity index is 1060. The van der Waals surface area contributed by atoms with Gasteiger partial charge in [-0.25, -0.2) is 5.01 Å². The Hall–Kier alpha value is -1.83. The average molecular weight is 450 g/mol. The summed E-state index contributed by atoms with van der Waals surface area (Å²) in [5, 5.41) is 11.9. The molecule has 132 valence electrons. The fourth-order valence-corrected chi connectivity index (χ4v) is 4.08. The van der Waals surface area contributed by atoms with Crippen LogP contribution in [0.4, 0.5) is 0 Å². The van der Waals surface area contributed by atoms with Crippen LogP contribution in [0, 0.1) is 0 Å². The first-order chi connectivity index (χ1) is 12.6. The smallest absolute Gasteiger partial charge is 0.276 e. The Labute approximate surface area is 168 Å². The highest BCUT2D eigenvalue weighted by Crippen LogP contribution is 2.31. The highest BCUT2D eigenvalue weighted by molar-refractivity contribution is 9.10. The summed E-state index contributed by atoms with van der Waals surface area (Å²) in [6.45, 7) is 2.01. The van der Waals surface area contributed by atoms with E-state index in [0.717, 1.165) is 26.4 Å². The summed E-state index contributed by atoms with van der Waals surface area (Å²) < 4.78 is 0.880. The lowest BCUT2D eigenvalue weighted by molar-refractivity contribution is -0.116. The first kappa shape index (κ1) is 17.6. The lowest BCUT2D eigenvalue weighted by atomic mass is 10.1. The molecule has 2 aliphatic rings. The number of hydrogen-bond donors (Lipinski definition) is 1.